The topological polar surface area (TPSA) is 104 Å². The molecule has 0 saturated heterocycles. The minimum atomic E-state index is -0.918. The summed E-state index contributed by atoms with van der Waals surface area (Å²) in [5.41, 5.74) is -0.685. The number of fused-ring (bicyclic) bond motifs is 1. The number of amides is 2. The number of nitrogens with zero attached hydrogens (tertiary/aromatic N) is 2. The van der Waals surface area contributed by atoms with Gasteiger partial charge in [-0.05, 0) is 32.7 Å². The zero-order chi connectivity index (χ0) is 23.6. The Bertz CT molecular complexity index is 1060. The Kier molecular flexibility index (Phi) is 7.40. The molecule has 1 aromatic rings. The fraction of sp³-hybridized carbons (Fsp3) is 0.500. The Hall–Kier alpha value is -2.65. The molecule has 174 valence electrons. The van der Waals surface area contributed by atoms with Crippen molar-refractivity contribution < 1.29 is 19.1 Å². The van der Waals surface area contributed by atoms with Gasteiger partial charge in [0.25, 0.3) is 11.8 Å². The first-order valence-corrected chi connectivity index (χ1v) is 11.1. The number of aromatic nitrogens is 1. The lowest BCUT2D eigenvalue weighted by Gasteiger charge is -2.22. The molecule has 3 rings (SSSR count). The minimum absolute atomic E-state index is 0.102. The van der Waals surface area contributed by atoms with E-state index in [9.17, 15) is 23.9 Å². The van der Waals surface area contributed by atoms with Gasteiger partial charge in [0.2, 0.25) is 5.43 Å². The SMILES string of the molecule is CCN[C@H]1CCn2c(C(=O)N(C)CC)c(O)c(=O)c(C(=O)NCC3=CCCC(Cl)=C3F)c21. The van der Waals surface area contributed by atoms with E-state index in [0.29, 0.717) is 44.6 Å². The number of nitrogens with one attached hydrogen (secondary N) is 2. The van der Waals surface area contributed by atoms with Crippen LogP contribution in [0.1, 0.15) is 65.7 Å². The van der Waals surface area contributed by atoms with Crippen molar-refractivity contribution in [2.75, 3.05) is 26.7 Å². The summed E-state index contributed by atoms with van der Waals surface area (Å²) in [6.45, 7) is 4.86. The standard InChI is InChI=1S/C22H28ClFN4O4/c1-4-25-14-9-10-28-17(14)15(19(29)20(30)18(28)22(32)27(3)5-2)21(31)26-11-12-7-6-8-13(23)16(12)24/h7,14,25,30H,4-6,8-11H2,1-3H3,(H,26,31)/t14-/m0/s1. The van der Waals surface area contributed by atoms with E-state index in [0.717, 1.165) is 0 Å². The molecule has 2 heterocycles. The fourth-order valence-corrected chi connectivity index (χ4v) is 4.31. The predicted molar refractivity (Wildman–Crippen MR) is 120 cm³/mol. The summed E-state index contributed by atoms with van der Waals surface area (Å²) in [5, 5.41) is 16.5. The van der Waals surface area contributed by atoms with Crippen molar-refractivity contribution >= 4 is 23.4 Å². The van der Waals surface area contributed by atoms with E-state index in [1.807, 2.05) is 6.92 Å². The monoisotopic (exact) mass is 466 g/mol. The molecule has 0 unspecified atom stereocenters. The van der Waals surface area contributed by atoms with E-state index < -0.39 is 28.8 Å². The van der Waals surface area contributed by atoms with Crippen molar-refractivity contribution in [3.63, 3.8) is 0 Å². The lowest BCUT2D eigenvalue weighted by Crippen LogP contribution is -2.37. The molecular weight excluding hydrogens is 439 g/mol. The third kappa shape index (κ3) is 4.31. The van der Waals surface area contributed by atoms with E-state index in [1.165, 1.54) is 4.90 Å². The number of pyridine rings is 1. The number of carbonyl (C=O) groups is 2. The lowest BCUT2D eigenvalue weighted by molar-refractivity contribution is 0.0785. The molecule has 1 atom stereocenters. The highest BCUT2D eigenvalue weighted by molar-refractivity contribution is 6.30. The average Bonchev–Trinajstić information content (AvgIpc) is 3.17. The van der Waals surface area contributed by atoms with E-state index in [-0.39, 0.29) is 34.4 Å². The van der Waals surface area contributed by atoms with Gasteiger partial charge in [-0.2, -0.15) is 0 Å². The van der Waals surface area contributed by atoms with Gasteiger partial charge in [0, 0.05) is 32.3 Å². The Morgan fingerprint density at radius 1 is 1.38 bits per heavy atom. The van der Waals surface area contributed by atoms with Crippen LogP contribution in [0.4, 0.5) is 4.39 Å². The minimum Gasteiger partial charge on any atom is -0.503 e. The number of rotatable bonds is 7. The normalized spacial score (nSPS) is 17.8. The van der Waals surface area contributed by atoms with Crippen molar-refractivity contribution in [1.82, 2.24) is 20.1 Å². The number of halogens is 2. The summed E-state index contributed by atoms with van der Waals surface area (Å²) in [4.78, 5) is 40.4. The quantitative estimate of drug-likeness (QED) is 0.573. The summed E-state index contributed by atoms with van der Waals surface area (Å²) < 4.78 is 15.8. The maximum atomic E-state index is 14.2. The molecule has 0 spiro atoms. The molecule has 2 aliphatic rings. The summed E-state index contributed by atoms with van der Waals surface area (Å²) in [6.07, 6.45) is 3.16. The second kappa shape index (κ2) is 9.87. The van der Waals surface area contributed by atoms with Crippen molar-refractivity contribution in [2.24, 2.45) is 0 Å². The van der Waals surface area contributed by atoms with E-state index in [2.05, 4.69) is 10.6 Å². The van der Waals surface area contributed by atoms with Gasteiger partial charge in [0.1, 0.15) is 11.4 Å². The number of carbonyl (C=O) groups excluding carboxylic acids is 2. The number of allylic oxidation sites excluding steroid dienone is 2. The van der Waals surface area contributed by atoms with Gasteiger partial charge >= 0.3 is 0 Å². The highest BCUT2D eigenvalue weighted by Crippen LogP contribution is 2.33. The molecule has 8 nitrogen and oxygen atoms in total. The van der Waals surface area contributed by atoms with Crippen LogP contribution in [0, 0.1) is 0 Å². The largest absolute Gasteiger partial charge is 0.503 e. The molecule has 32 heavy (non-hydrogen) atoms. The first-order chi connectivity index (χ1) is 15.2. The molecule has 1 aromatic heterocycles. The molecule has 0 fully saturated rings. The highest BCUT2D eigenvalue weighted by atomic mass is 35.5. The van der Waals surface area contributed by atoms with Crippen LogP contribution in [-0.2, 0) is 6.54 Å². The molecule has 2 amide bonds. The van der Waals surface area contributed by atoms with Crippen LogP contribution < -0.4 is 16.1 Å². The van der Waals surface area contributed by atoms with Crippen LogP contribution in [0.5, 0.6) is 5.75 Å². The highest BCUT2D eigenvalue weighted by Gasteiger charge is 2.36. The first kappa shape index (κ1) is 24.0. The van der Waals surface area contributed by atoms with Crippen molar-refractivity contribution in [2.45, 2.75) is 45.7 Å². The van der Waals surface area contributed by atoms with Gasteiger partial charge in [-0.25, -0.2) is 4.39 Å². The zero-order valence-corrected chi connectivity index (χ0v) is 19.2. The molecule has 0 radical (unpaired) electrons. The smallest absolute Gasteiger partial charge is 0.274 e. The van der Waals surface area contributed by atoms with Gasteiger partial charge in [-0.1, -0.05) is 24.6 Å². The molecule has 3 N–H and O–H groups in total. The summed E-state index contributed by atoms with van der Waals surface area (Å²) >= 11 is 5.88. The second-order valence-electron chi connectivity index (χ2n) is 7.83. The van der Waals surface area contributed by atoms with Crippen LogP contribution in [0.25, 0.3) is 0 Å². The van der Waals surface area contributed by atoms with Crippen LogP contribution in [0.15, 0.2) is 27.3 Å². The zero-order valence-electron chi connectivity index (χ0n) is 18.4. The first-order valence-electron chi connectivity index (χ1n) is 10.7. The third-order valence-electron chi connectivity index (χ3n) is 5.87. The molecule has 0 aromatic carbocycles. The molecule has 0 saturated carbocycles. The second-order valence-corrected chi connectivity index (χ2v) is 8.28. The molecule has 1 aliphatic carbocycles. The van der Waals surface area contributed by atoms with Crippen LogP contribution >= 0.6 is 11.6 Å². The summed E-state index contributed by atoms with van der Waals surface area (Å²) in [7, 11) is 1.57. The van der Waals surface area contributed by atoms with E-state index in [1.54, 1.807) is 24.6 Å². The Balaban J connectivity index is 2.04. The van der Waals surface area contributed by atoms with E-state index in [4.69, 9.17) is 11.6 Å². The summed E-state index contributed by atoms with van der Waals surface area (Å²) in [5.74, 6) is -2.57. The van der Waals surface area contributed by atoms with E-state index >= 15 is 0 Å². The van der Waals surface area contributed by atoms with Gasteiger partial charge in [-0.15, -0.1) is 0 Å². The van der Waals surface area contributed by atoms with Crippen LogP contribution in [-0.4, -0.2) is 53.1 Å². The molecule has 0 bridgehead atoms. The number of aromatic hydroxyl groups is 1. The Morgan fingerprint density at radius 3 is 2.75 bits per heavy atom. The molecule has 10 heteroatoms. The lowest BCUT2D eigenvalue weighted by atomic mass is 10.0. The maximum Gasteiger partial charge on any atom is 0.274 e. The van der Waals surface area contributed by atoms with Crippen LogP contribution in [0.3, 0.4) is 0 Å². The summed E-state index contributed by atoms with van der Waals surface area (Å²) in [6, 6.07) is -0.340. The Labute approximate surface area is 190 Å². The van der Waals surface area contributed by atoms with Crippen molar-refractivity contribution in [3.05, 3.63) is 49.7 Å². The van der Waals surface area contributed by atoms with Gasteiger partial charge in [-0.3, -0.25) is 14.4 Å². The van der Waals surface area contributed by atoms with Crippen molar-refractivity contribution in [3.8, 4) is 5.75 Å². The van der Waals surface area contributed by atoms with Gasteiger partial charge < -0.3 is 25.2 Å². The Morgan fingerprint density at radius 2 is 2.09 bits per heavy atom. The van der Waals surface area contributed by atoms with Crippen molar-refractivity contribution in [1.29, 1.82) is 0 Å². The van der Waals surface area contributed by atoms with Crippen LogP contribution in [0.2, 0.25) is 0 Å². The van der Waals surface area contributed by atoms with Gasteiger partial charge in [0.15, 0.2) is 11.4 Å². The fourth-order valence-electron chi connectivity index (χ4n) is 4.08. The average molecular weight is 467 g/mol. The molecular formula is C22H28ClFN4O4. The predicted octanol–water partition coefficient (Wildman–Crippen LogP) is 2.57. The molecule has 1 aliphatic heterocycles. The maximum absolute atomic E-state index is 14.2. The van der Waals surface area contributed by atoms with Gasteiger partial charge in [0.05, 0.1) is 16.8 Å². The third-order valence-corrected chi connectivity index (χ3v) is 6.22. The number of hydrogen-bond acceptors (Lipinski definition) is 5. The number of hydrogen-bond donors (Lipinski definition) is 3.